The average molecular weight is 312 g/mol. The molecule has 0 atom stereocenters. The third kappa shape index (κ3) is 2.40. The van der Waals surface area contributed by atoms with Crippen LogP contribution in [0.15, 0.2) is 45.1 Å². The quantitative estimate of drug-likeness (QED) is 0.497. The molecule has 0 spiro atoms. The van der Waals surface area contributed by atoms with Crippen molar-refractivity contribution in [2.24, 2.45) is 0 Å². The molecule has 0 bridgehead atoms. The van der Waals surface area contributed by atoms with Gasteiger partial charge in [-0.1, -0.05) is 17.7 Å². The molecule has 0 radical (unpaired) electrons. The first kappa shape index (κ1) is 15.0. The van der Waals surface area contributed by atoms with E-state index in [9.17, 15) is 20.1 Å². The molecule has 3 aromatic rings. The zero-order valence-corrected chi connectivity index (χ0v) is 12.8. The maximum absolute atomic E-state index is 12.6. The van der Waals surface area contributed by atoms with Crippen LogP contribution in [0.2, 0.25) is 0 Å². The maximum Gasteiger partial charge on any atom is 0.204 e. The molecule has 0 aliphatic rings. The van der Waals surface area contributed by atoms with Gasteiger partial charge in [0.25, 0.3) is 0 Å². The summed E-state index contributed by atoms with van der Waals surface area (Å²) >= 11 is 0. The first-order valence-electron chi connectivity index (χ1n) is 7.16. The lowest BCUT2D eigenvalue weighted by molar-refractivity contribution is 0.446. The zero-order chi connectivity index (χ0) is 16.7. The van der Waals surface area contributed by atoms with Gasteiger partial charge in [-0.2, -0.15) is 0 Å². The van der Waals surface area contributed by atoms with E-state index < -0.39 is 5.43 Å². The highest BCUT2D eigenvalue weighted by molar-refractivity contribution is 5.97. The minimum Gasteiger partial charge on any atom is -0.507 e. The molecule has 23 heavy (non-hydrogen) atoms. The summed E-state index contributed by atoms with van der Waals surface area (Å²) in [4.78, 5) is 12.6. The molecule has 0 unspecified atom stereocenters. The van der Waals surface area contributed by atoms with Crippen molar-refractivity contribution in [1.29, 1.82) is 0 Å². The van der Waals surface area contributed by atoms with Gasteiger partial charge in [-0.3, -0.25) is 4.79 Å². The Morgan fingerprint density at radius 2 is 1.83 bits per heavy atom. The molecule has 0 saturated heterocycles. The molecule has 3 rings (SSSR count). The Kier molecular flexibility index (Phi) is 3.48. The molecule has 2 aromatic carbocycles. The second-order valence-electron chi connectivity index (χ2n) is 5.67. The zero-order valence-electron chi connectivity index (χ0n) is 12.8. The second kappa shape index (κ2) is 5.35. The van der Waals surface area contributed by atoms with Gasteiger partial charge in [0, 0.05) is 11.6 Å². The number of hydrogen-bond acceptors (Lipinski definition) is 5. The van der Waals surface area contributed by atoms with Gasteiger partial charge in [0.2, 0.25) is 5.43 Å². The lowest BCUT2D eigenvalue weighted by atomic mass is 10.0. The fraction of sp³-hybridized carbons (Fsp3) is 0.167. The van der Waals surface area contributed by atoms with Crippen molar-refractivity contribution in [2.75, 3.05) is 0 Å². The Morgan fingerprint density at radius 1 is 1.09 bits per heavy atom. The predicted molar refractivity (Wildman–Crippen MR) is 88.1 cm³/mol. The van der Waals surface area contributed by atoms with E-state index in [1.54, 1.807) is 0 Å². The monoisotopic (exact) mass is 312 g/mol. The lowest BCUT2D eigenvalue weighted by Gasteiger charge is -2.10. The van der Waals surface area contributed by atoms with Crippen LogP contribution in [0, 0.1) is 0 Å². The van der Waals surface area contributed by atoms with E-state index in [0.29, 0.717) is 12.0 Å². The molecule has 5 heteroatoms. The summed E-state index contributed by atoms with van der Waals surface area (Å²) in [5.74, 6) is -0.680. The van der Waals surface area contributed by atoms with Crippen molar-refractivity contribution in [3.63, 3.8) is 0 Å². The van der Waals surface area contributed by atoms with Gasteiger partial charge in [-0.25, -0.2) is 0 Å². The van der Waals surface area contributed by atoms with Gasteiger partial charge in [-0.05, 0) is 32.4 Å². The topological polar surface area (TPSA) is 90.9 Å². The number of aromatic hydroxyl groups is 3. The molecule has 0 fully saturated rings. The number of fused-ring (bicyclic) bond motifs is 2. The van der Waals surface area contributed by atoms with Crippen molar-refractivity contribution in [2.45, 2.75) is 20.3 Å². The van der Waals surface area contributed by atoms with Gasteiger partial charge in [0.15, 0.2) is 11.3 Å². The number of para-hydroxylation sites is 1. The molecular weight excluding hydrogens is 296 g/mol. The summed E-state index contributed by atoms with van der Waals surface area (Å²) in [6.07, 6.45) is 2.22. The molecule has 5 nitrogen and oxygen atoms in total. The van der Waals surface area contributed by atoms with Crippen molar-refractivity contribution in [3.8, 4) is 17.2 Å². The van der Waals surface area contributed by atoms with Gasteiger partial charge in [0.1, 0.15) is 22.5 Å². The maximum atomic E-state index is 12.6. The molecule has 0 aliphatic heterocycles. The Hall–Kier alpha value is -2.95. The molecule has 1 aromatic heterocycles. The Morgan fingerprint density at radius 3 is 2.52 bits per heavy atom. The molecular formula is C18H16O5. The Balaban J connectivity index is 2.50. The smallest absolute Gasteiger partial charge is 0.204 e. The van der Waals surface area contributed by atoms with Crippen LogP contribution in [0.25, 0.3) is 21.9 Å². The molecule has 0 amide bonds. The van der Waals surface area contributed by atoms with Crippen molar-refractivity contribution in [3.05, 3.63) is 51.7 Å². The third-order valence-electron chi connectivity index (χ3n) is 3.72. The van der Waals surface area contributed by atoms with Crippen LogP contribution in [0.5, 0.6) is 17.2 Å². The molecule has 0 aliphatic carbocycles. The summed E-state index contributed by atoms with van der Waals surface area (Å²) in [6.45, 7) is 3.83. The average Bonchev–Trinajstić information content (AvgIpc) is 2.47. The Labute approximate surface area is 131 Å². The minimum atomic E-state index is -0.451. The fourth-order valence-electron chi connectivity index (χ4n) is 2.56. The highest BCUT2D eigenvalue weighted by atomic mass is 16.4. The summed E-state index contributed by atoms with van der Waals surface area (Å²) in [5, 5.41) is 30.3. The van der Waals surface area contributed by atoms with E-state index in [-0.39, 0.29) is 39.2 Å². The summed E-state index contributed by atoms with van der Waals surface area (Å²) < 4.78 is 5.68. The van der Waals surface area contributed by atoms with Crippen LogP contribution in [0.3, 0.4) is 0 Å². The standard InChI is InChI=1S/C18H16O5/c1-9(2)6-7-10-13(20)8-14(21)15-16(22)11-4-3-5-12(19)17(11)23-18(10)15/h3-6,8,19-21H,7H2,1-2H3. The van der Waals surface area contributed by atoms with Gasteiger partial charge in [-0.15, -0.1) is 0 Å². The minimum absolute atomic E-state index is 0.00180. The predicted octanol–water partition coefficient (Wildman–Crippen LogP) is 3.57. The molecule has 1 heterocycles. The normalized spacial score (nSPS) is 11.0. The fourth-order valence-corrected chi connectivity index (χ4v) is 2.56. The lowest BCUT2D eigenvalue weighted by Crippen LogP contribution is -2.04. The number of hydrogen-bond donors (Lipinski definition) is 3. The first-order chi connectivity index (χ1) is 10.9. The first-order valence-corrected chi connectivity index (χ1v) is 7.16. The van der Waals surface area contributed by atoms with E-state index in [1.807, 2.05) is 19.9 Å². The highest BCUT2D eigenvalue weighted by Gasteiger charge is 2.19. The SMILES string of the molecule is CC(C)=CCc1c(O)cc(O)c2c(=O)c3cccc(O)c3oc12. The second-order valence-corrected chi connectivity index (χ2v) is 5.67. The number of allylic oxidation sites excluding steroid dienone is 2. The van der Waals surface area contributed by atoms with E-state index in [2.05, 4.69) is 0 Å². The van der Waals surface area contributed by atoms with Gasteiger partial charge >= 0.3 is 0 Å². The van der Waals surface area contributed by atoms with Crippen LogP contribution >= 0.6 is 0 Å². The van der Waals surface area contributed by atoms with Crippen LogP contribution < -0.4 is 5.43 Å². The number of phenols is 3. The van der Waals surface area contributed by atoms with Crippen molar-refractivity contribution in [1.82, 2.24) is 0 Å². The molecule has 3 N–H and O–H groups in total. The van der Waals surface area contributed by atoms with Crippen molar-refractivity contribution >= 4 is 21.9 Å². The van der Waals surface area contributed by atoms with E-state index in [0.717, 1.165) is 11.6 Å². The highest BCUT2D eigenvalue weighted by Crippen LogP contribution is 2.36. The number of rotatable bonds is 2. The van der Waals surface area contributed by atoms with Crippen LogP contribution in [-0.2, 0) is 6.42 Å². The van der Waals surface area contributed by atoms with E-state index >= 15 is 0 Å². The van der Waals surface area contributed by atoms with Crippen LogP contribution in [0.4, 0.5) is 0 Å². The van der Waals surface area contributed by atoms with Crippen molar-refractivity contribution < 1.29 is 19.7 Å². The summed E-state index contributed by atoms with van der Waals surface area (Å²) in [7, 11) is 0. The van der Waals surface area contributed by atoms with E-state index in [4.69, 9.17) is 4.42 Å². The molecule has 0 saturated carbocycles. The Bertz CT molecular complexity index is 1010. The summed E-state index contributed by atoms with van der Waals surface area (Å²) in [6, 6.07) is 5.60. The van der Waals surface area contributed by atoms with Crippen LogP contribution in [0.1, 0.15) is 19.4 Å². The largest absolute Gasteiger partial charge is 0.507 e. The van der Waals surface area contributed by atoms with Gasteiger partial charge in [0.05, 0.1) is 5.39 Å². The van der Waals surface area contributed by atoms with Crippen LogP contribution in [-0.4, -0.2) is 15.3 Å². The van der Waals surface area contributed by atoms with Gasteiger partial charge < -0.3 is 19.7 Å². The summed E-state index contributed by atoms with van der Waals surface area (Å²) in [5.41, 5.74) is 1.10. The number of benzene rings is 2. The van der Waals surface area contributed by atoms with E-state index in [1.165, 1.54) is 18.2 Å². The molecule has 118 valence electrons. The third-order valence-corrected chi connectivity index (χ3v) is 3.72. The number of phenolic OH excluding ortho intramolecular Hbond substituents is 3.